The van der Waals surface area contributed by atoms with Crippen LogP contribution in [0.25, 0.3) is 0 Å². The number of nitrogens with two attached hydrogens (primary N) is 1. The van der Waals surface area contributed by atoms with Crippen molar-refractivity contribution in [1.82, 2.24) is 0 Å². The van der Waals surface area contributed by atoms with Crippen LogP contribution in [0.15, 0.2) is 42.5 Å². The first-order valence-electron chi connectivity index (χ1n) is 7.02. The summed E-state index contributed by atoms with van der Waals surface area (Å²) in [6.45, 7) is 0. The second kappa shape index (κ2) is 5.48. The van der Waals surface area contributed by atoms with Gasteiger partial charge in [-0.05, 0) is 42.5 Å². The summed E-state index contributed by atoms with van der Waals surface area (Å²) in [4.78, 5) is 11.3. The van der Waals surface area contributed by atoms with Crippen LogP contribution in [0.4, 0.5) is 5.69 Å². The maximum absolute atomic E-state index is 11.3. The summed E-state index contributed by atoms with van der Waals surface area (Å²) < 4.78 is 5.99. The Kier molecular flexibility index (Phi) is 3.52. The summed E-state index contributed by atoms with van der Waals surface area (Å²) in [6, 6.07) is 12.8. The number of aryl methyl sites for hydroxylation is 1. The van der Waals surface area contributed by atoms with Gasteiger partial charge in [0.25, 0.3) is 0 Å². The highest BCUT2D eigenvalue weighted by atomic mass is 16.5. The number of hydrogen-bond donors (Lipinski definition) is 2. The Morgan fingerprint density at radius 1 is 1.24 bits per heavy atom. The van der Waals surface area contributed by atoms with E-state index in [1.165, 1.54) is 11.6 Å². The largest absolute Gasteiger partial charge is 0.485 e. The molecule has 3 rings (SSSR count). The normalized spacial score (nSPS) is 17.0. The van der Waals surface area contributed by atoms with Crippen molar-refractivity contribution in [2.75, 3.05) is 5.73 Å². The molecule has 0 aliphatic heterocycles. The number of nitrogen functional groups attached to an aromatic ring is 1. The molecule has 4 nitrogen and oxygen atoms in total. The fourth-order valence-electron chi connectivity index (χ4n) is 2.80. The van der Waals surface area contributed by atoms with Crippen LogP contribution in [-0.4, -0.2) is 11.1 Å². The summed E-state index contributed by atoms with van der Waals surface area (Å²) in [6.07, 6.45) is 2.84. The summed E-state index contributed by atoms with van der Waals surface area (Å²) in [5, 5.41) is 9.26. The fraction of sp³-hybridized carbons (Fsp3) is 0.235. The maximum atomic E-state index is 11.3. The van der Waals surface area contributed by atoms with Crippen molar-refractivity contribution in [2.24, 2.45) is 0 Å². The van der Waals surface area contributed by atoms with Gasteiger partial charge in [0.1, 0.15) is 17.4 Å². The van der Waals surface area contributed by atoms with E-state index in [2.05, 4.69) is 6.07 Å². The number of aromatic carboxylic acids is 1. The van der Waals surface area contributed by atoms with Crippen LogP contribution in [-0.2, 0) is 6.42 Å². The first-order chi connectivity index (χ1) is 10.1. The number of carbonyl (C=O) groups is 1. The number of carboxylic acids is 1. The number of carboxylic acid groups (broad SMARTS) is 1. The van der Waals surface area contributed by atoms with E-state index < -0.39 is 5.97 Å². The average Bonchev–Trinajstić information content (AvgIpc) is 2.47. The fourth-order valence-corrected chi connectivity index (χ4v) is 2.80. The monoisotopic (exact) mass is 283 g/mol. The highest BCUT2D eigenvalue weighted by Gasteiger charge is 2.23. The van der Waals surface area contributed by atoms with E-state index in [-0.39, 0.29) is 11.7 Å². The van der Waals surface area contributed by atoms with Gasteiger partial charge in [0.05, 0.1) is 0 Å². The van der Waals surface area contributed by atoms with E-state index in [1.54, 1.807) is 12.1 Å². The van der Waals surface area contributed by atoms with Gasteiger partial charge in [-0.15, -0.1) is 0 Å². The molecule has 0 amide bonds. The Morgan fingerprint density at radius 3 is 2.86 bits per heavy atom. The number of ether oxygens (including phenoxy) is 1. The predicted octanol–water partition coefficient (Wildman–Crippen LogP) is 3.42. The Hall–Kier alpha value is -2.49. The Morgan fingerprint density at radius 2 is 2.05 bits per heavy atom. The Bertz CT molecular complexity index is 681. The first kappa shape index (κ1) is 13.5. The molecule has 0 saturated heterocycles. The van der Waals surface area contributed by atoms with Crippen LogP contribution in [0.3, 0.4) is 0 Å². The molecule has 0 saturated carbocycles. The van der Waals surface area contributed by atoms with Crippen molar-refractivity contribution in [3.05, 3.63) is 59.2 Å². The van der Waals surface area contributed by atoms with Crippen LogP contribution in [0, 0.1) is 0 Å². The lowest BCUT2D eigenvalue weighted by Crippen LogP contribution is -2.16. The number of hydrogen-bond acceptors (Lipinski definition) is 3. The molecule has 0 radical (unpaired) electrons. The zero-order chi connectivity index (χ0) is 14.8. The predicted molar refractivity (Wildman–Crippen MR) is 80.6 cm³/mol. The molecular weight excluding hydrogens is 266 g/mol. The molecule has 1 aliphatic carbocycles. The number of rotatable bonds is 3. The summed E-state index contributed by atoms with van der Waals surface area (Å²) in [5.74, 6) is -0.668. The molecule has 2 aromatic rings. The third-order valence-corrected chi connectivity index (χ3v) is 3.82. The van der Waals surface area contributed by atoms with Crippen LogP contribution in [0.1, 0.15) is 40.4 Å². The minimum Gasteiger partial charge on any atom is -0.485 e. The Balaban J connectivity index is 1.95. The molecule has 0 heterocycles. The zero-order valence-corrected chi connectivity index (χ0v) is 11.6. The number of benzene rings is 2. The summed E-state index contributed by atoms with van der Waals surface area (Å²) >= 11 is 0. The lowest BCUT2D eigenvalue weighted by atomic mass is 9.89. The smallest absolute Gasteiger partial charge is 0.339 e. The van der Waals surface area contributed by atoms with Crippen molar-refractivity contribution >= 4 is 11.7 Å². The summed E-state index contributed by atoms with van der Waals surface area (Å²) in [5.41, 5.74) is 8.81. The molecule has 3 N–H and O–H groups in total. The van der Waals surface area contributed by atoms with Crippen molar-refractivity contribution in [3.63, 3.8) is 0 Å². The van der Waals surface area contributed by atoms with E-state index in [4.69, 9.17) is 10.5 Å². The van der Waals surface area contributed by atoms with Gasteiger partial charge in [0, 0.05) is 11.8 Å². The van der Waals surface area contributed by atoms with Gasteiger partial charge in [0.2, 0.25) is 0 Å². The van der Waals surface area contributed by atoms with Gasteiger partial charge < -0.3 is 15.6 Å². The van der Waals surface area contributed by atoms with Crippen LogP contribution in [0.5, 0.6) is 5.75 Å². The molecule has 0 bridgehead atoms. The van der Waals surface area contributed by atoms with E-state index in [0.717, 1.165) is 24.8 Å². The maximum Gasteiger partial charge on any atom is 0.339 e. The quantitative estimate of drug-likeness (QED) is 0.846. The topological polar surface area (TPSA) is 72.6 Å². The molecule has 4 heteroatoms. The molecule has 1 unspecified atom stereocenters. The zero-order valence-electron chi connectivity index (χ0n) is 11.6. The SMILES string of the molecule is Nc1ccc(C(=O)O)c(OC2CCCc3ccccc32)c1. The molecule has 108 valence electrons. The Labute approximate surface area is 123 Å². The van der Waals surface area contributed by atoms with Gasteiger partial charge in [-0.3, -0.25) is 0 Å². The van der Waals surface area contributed by atoms with E-state index >= 15 is 0 Å². The molecule has 1 atom stereocenters. The molecule has 21 heavy (non-hydrogen) atoms. The minimum absolute atomic E-state index is 0.116. The molecular formula is C17H17NO3. The van der Waals surface area contributed by atoms with Crippen molar-refractivity contribution in [2.45, 2.75) is 25.4 Å². The molecule has 0 aromatic heterocycles. The highest BCUT2D eigenvalue weighted by Crippen LogP contribution is 2.35. The minimum atomic E-state index is -1.01. The van der Waals surface area contributed by atoms with Crippen LogP contribution >= 0.6 is 0 Å². The summed E-state index contributed by atoms with van der Waals surface area (Å²) in [7, 11) is 0. The van der Waals surface area contributed by atoms with Gasteiger partial charge in [0.15, 0.2) is 0 Å². The highest BCUT2D eigenvalue weighted by molar-refractivity contribution is 5.91. The first-order valence-corrected chi connectivity index (χ1v) is 7.02. The van der Waals surface area contributed by atoms with Gasteiger partial charge in [-0.25, -0.2) is 4.79 Å². The third-order valence-electron chi connectivity index (χ3n) is 3.82. The van der Waals surface area contributed by atoms with Crippen molar-refractivity contribution < 1.29 is 14.6 Å². The lowest BCUT2D eigenvalue weighted by Gasteiger charge is -2.27. The average molecular weight is 283 g/mol. The second-order valence-electron chi connectivity index (χ2n) is 5.26. The third kappa shape index (κ3) is 2.70. The van der Waals surface area contributed by atoms with Crippen molar-refractivity contribution in [3.8, 4) is 5.75 Å². The number of anilines is 1. The lowest BCUT2D eigenvalue weighted by molar-refractivity contribution is 0.0688. The van der Waals surface area contributed by atoms with Crippen LogP contribution in [0.2, 0.25) is 0 Å². The second-order valence-corrected chi connectivity index (χ2v) is 5.26. The van der Waals surface area contributed by atoms with Gasteiger partial charge in [-0.2, -0.15) is 0 Å². The van der Waals surface area contributed by atoms with E-state index in [1.807, 2.05) is 18.2 Å². The molecule has 1 aliphatic rings. The van der Waals surface area contributed by atoms with Crippen molar-refractivity contribution in [1.29, 1.82) is 0 Å². The molecule has 2 aromatic carbocycles. The van der Waals surface area contributed by atoms with E-state index in [0.29, 0.717) is 11.4 Å². The molecule has 0 spiro atoms. The standard InChI is InChI=1S/C17H17NO3/c18-12-8-9-14(17(19)20)16(10-12)21-15-7-3-5-11-4-1-2-6-13(11)15/h1-2,4,6,8-10,15H,3,5,7,18H2,(H,19,20). The number of fused-ring (bicyclic) bond motifs is 1. The van der Waals surface area contributed by atoms with E-state index in [9.17, 15) is 9.90 Å². The van der Waals surface area contributed by atoms with Gasteiger partial charge in [-0.1, -0.05) is 24.3 Å². The van der Waals surface area contributed by atoms with Gasteiger partial charge >= 0.3 is 5.97 Å². The van der Waals surface area contributed by atoms with Crippen LogP contribution < -0.4 is 10.5 Å². The molecule has 0 fully saturated rings.